The van der Waals surface area contributed by atoms with Crippen LogP contribution in [0.1, 0.15) is 27.4 Å². The number of nitriles is 1. The number of carbonyl (C=O) groups excluding carboxylic acids is 3. The minimum absolute atomic E-state index is 0.0666. The van der Waals surface area contributed by atoms with Crippen molar-refractivity contribution < 1.29 is 24.3 Å². The van der Waals surface area contributed by atoms with Gasteiger partial charge >= 0.3 is 18.0 Å². The number of halogens is 2. The maximum Gasteiger partial charge on any atom is 0.335 e. The monoisotopic (exact) mass is 577 g/mol. The van der Waals surface area contributed by atoms with E-state index in [4.69, 9.17) is 28.3 Å². The van der Waals surface area contributed by atoms with Gasteiger partial charge in [0.15, 0.2) is 0 Å². The third-order valence-electron chi connectivity index (χ3n) is 7.28. The molecule has 10 nitrogen and oxygen atoms in total. The molecule has 3 aromatic rings. The van der Waals surface area contributed by atoms with Crippen LogP contribution in [0.2, 0.25) is 10.0 Å². The molecule has 5 amide bonds. The third-order valence-corrected chi connectivity index (χ3v) is 7.72. The van der Waals surface area contributed by atoms with Crippen molar-refractivity contribution in [3.8, 4) is 6.07 Å². The first kappa shape index (κ1) is 27.0. The van der Waals surface area contributed by atoms with E-state index in [1.807, 2.05) is 0 Å². The van der Waals surface area contributed by atoms with Crippen molar-refractivity contribution in [2.75, 3.05) is 30.4 Å². The van der Waals surface area contributed by atoms with Gasteiger partial charge in [0, 0.05) is 35.2 Å². The summed E-state index contributed by atoms with van der Waals surface area (Å²) in [5.74, 6) is -2.28. The van der Waals surface area contributed by atoms with Gasteiger partial charge in [0.05, 0.1) is 29.4 Å². The highest BCUT2D eigenvalue weighted by molar-refractivity contribution is 6.36. The zero-order valence-corrected chi connectivity index (χ0v) is 22.5. The van der Waals surface area contributed by atoms with E-state index in [0.29, 0.717) is 16.8 Å². The third kappa shape index (κ3) is 4.49. The SMILES string of the molecule is CN1C(=O)N(c2cc(Cl)cc(Cl)c2)C(=O)C12CN(C(=O)Nc1ccc(C(=O)O)cc1)CC2c1ccc(C#N)cc1. The number of likely N-dealkylation sites (N-methyl/N-ethyl adjacent to an activating group) is 1. The Labute approximate surface area is 238 Å². The summed E-state index contributed by atoms with van der Waals surface area (Å²) >= 11 is 12.3. The van der Waals surface area contributed by atoms with Crippen molar-refractivity contribution >= 4 is 58.5 Å². The molecular weight excluding hydrogens is 557 g/mol. The lowest BCUT2D eigenvalue weighted by Gasteiger charge is -2.33. The molecule has 2 heterocycles. The number of likely N-dealkylation sites (tertiary alicyclic amines) is 1. The number of amides is 5. The predicted octanol–water partition coefficient (Wildman–Crippen LogP) is 5.03. The highest BCUT2D eigenvalue weighted by Crippen LogP contribution is 2.46. The maximum atomic E-state index is 14.2. The largest absolute Gasteiger partial charge is 0.478 e. The molecule has 40 heavy (non-hydrogen) atoms. The second-order valence-electron chi connectivity index (χ2n) is 9.51. The molecule has 0 saturated carbocycles. The van der Waals surface area contributed by atoms with Gasteiger partial charge in [-0.15, -0.1) is 0 Å². The first-order valence-corrected chi connectivity index (χ1v) is 12.8. The van der Waals surface area contributed by atoms with Crippen LogP contribution in [0.5, 0.6) is 0 Å². The van der Waals surface area contributed by atoms with E-state index in [2.05, 4.69) is 11.4 Å². The lowest BCUT2D eigenvalue weighted by Crippen LogP contribution is -2.54. The highest BCUT2D eigenvalue weighted by atomic mass is 35.5. The molecule has 0 radical (unpaired) electrons. The summed E-state index contributed by atoms with van der Waals surface area (Å²) in [5, 5.41) is 21.6. The Balaban J connectivity index is 1.53. The summed E-state index contributed by atoms with van der Waals surface area (Å²) in [5.41, 5.74) is 0.257. The molecule has 2 atom stereocenters. The molecule has 12 heteroatoms. The van der Waals surface area contributed by atoms with E-state index >= 15 is 0 Å². The molecule has 2 unspecified atom stereocenters. The van der Waals surface area contributed by atoms with Gasteiger partial charge in [-0.1, -0.05) is 35.3 Å². The number of hydrogen-bond donors (Lipinski definition) is 2. The lowest BCUT2D eigenvalue weighted by molar-refractivity contribution is -0.124. The Kier molecular flexibility index (Phi) is 6.87. The second-order valence-corrected chi connectivity index (χ2v) is 10.4. The smallest absolute Gasteiger partial charge is 0.335 e. The summed E-state index contributed by atoms with van der Waals surface area (Å²) in [4.78, 5) is 56.1. The molecule has 0 aliphatic carbocycles. The fourth-order valence-corrected chi connectivity index (χ4v) is 5.77. The summed E-state index contributed by atoms with van der Waals surface area (Å²) in [6, 6.07) is 17.7. The normalized spacial score (nSPS) is 20.2. The predicted molar refractivity (Wildman–Crippen MR) is 148 cm³/mol. The van der Waals surface area contributed by atoms with E-state index in [9.17, 15) is 24.4 Å². The number of imide groups is 1. The first-order chi connectivity index (χ1) is 19.0. The van der Waals surface area contributed by atoms with E-state index in [0.717, 1.165) is 4.90 Å². The Hall–Kier alpha value is -4.59. The molecular formula is C28H21Cl2N5O5. The van der Waals surface area contributed by atoms with Gasteiger partial charge in [-0.25, -0.2) is 19.3 Å². The topological polar surface area (TPSA) is 134 Å². The van der Waals surface area contributed by atoms with Gasteiger partial charge in [-0.2, -0.15) is 5.26 Å². The van der Waals surface area contributed by atoms with Crippen LogP contribution in [-0.4, -0.2) is 64.5 Å². The van der Waals surface area contributed by atoms with Crippen LogP contribution < -0.4 is 10.2 Å². The van der Waals surface area contributed by atoms with Crippen molar-refractivity contribution in [2.45, 2.75) is 11.5 Å². The van der Waals surface area contributed by atoms with Crippen LogP contribution in [0.4, 0.5) is 21.0 Å². The van der Waals surface area contributed by atoms with Crippen LogP contribution in [-0.2, 0) is 4.79 Å². The summed E-state index contributed by atoms with van der Waals surface area (Å²) in [6.07, 6.45) is 0. The molecule has 0 bridgehead atoms. The average molecular weight is 578 g/mol. The molecule has 202 valence electrons. The van der Waals surface area contributed by atoms with E-state index in [-0.39, 0.29) is 34.4 Å². The number of anilines is 2. The number of benzene rings is 3. The molecule has 5 rings (SSSR count). The number of nitrogens with one attached hydrogen (secondary N) is 1. The number of aromatic carboxylic acids is 1. The van der Waals surface area contributed by atoms with Crippen molar-refractivity contribution in [3.05, 3.63) is 93.5 Å². The van der Waals surface area contributed by atoms with Gasteiger partial charge in [0.1, 0.15) is 5.54 Å². The zero-order chi connectivity index (χ0) is 28.8. The maximum absolute atomic E-state index is 14.2. The number of carboxylic acid groups (broad SMARTS) is 1. The molecule has 2 fully saturated rings. The Morgan fingerprint density at radius 3 is 2.23 bits per heavy atom. The zero-order valence-electron chi connectivity index (χ0n) is 21.0. The quantitative estimate of drug-likeness (QED) is 0.417. The van der Waals surface area contributed by atoms with Gasteiger partial charge in [0.2, 0.25) is 0 Å². The number of urea groups is 2. The van der Waals surface area contributed by atoms with E-state index < -0.39 is 35.4 Å². The number of carbonyl (C=O) groups is 4. The molecule has 2 aliphatic heterocycles. The standard InChI is InChI=1S/C28H21Cl2N5O5/c1-33-27(40)35(22-11-19(29)10-20(30)12-22)25(38)28(33)15-34(14-23(28)17-4-2-16(13-31)3-5-17)26(39)32-21-8-6-18(7-9-21)24(36)37/h2-12,23H,14-15H2,1H3,(H,32,39)(H,36,37). The fraction of sp³-hybridized carbons (Fsp3) is 0.179. The minimum Gasteiger partial charge on any atom is -0.478 e. The van der Waals surface area contributed by atoms with Crippen molar-refractivity contribution in [1.29, 1.82) is 5.26 Å². The molecule has 1 spiro atoms. The molecule has 2 saturated heterocycles. The average Bonchev–Trinajstić information content (AvgIpc) is 3.41. The van der Waals surface area contributed by atoms with Gasteiger partial charge < -0.3 is 20.2 Å². The van der Waals surface area contributed by atoms with Gasteiger partial charge in [-0.05, 0) is 60.2 Å². The fourth-order valence-electron chi connectivity index (χ4n) is 5.26. The number of rotatable bonds is 4. The number of hydrogen-bond acceptors (Lipinski definition) is 5. The first-order valence-electron chi connectivity index (χ1n) is 12.0. The lowest BCUT2D eigenvalue weighted by atomic mass is 9.80. The van der Waals surface area contributed by atoms with Crippen LogP contribution >= 0.6 is 23.2 Å². The second kappa shape index (κ2) is 10.2. The summed E-state index contributed by atoms with van der Waals surface area (Å²) in [6.45, 7) is -0.0406. The Bertz CT molecular complexity index is 1570. The summed E-state index contributed by atoms with van der Waals surface area (Å²) < 4.78 is 0. The number of carboxylic acids is 1. The van der Waals surface area contributed by atoms with Crippen LogP contribution in [0.3, 0.4) is 0 Å². The summed E-state index contributed by atoms with van der Waals surface area (Å²) in [7, 11) is 1.51. The van der Waals surface area contributed by atoms with Crippen LogP contribution in [0.25, 0.3) is 0 Å². The Morgan fingerprint density at radius 1 is 1.02 bits per heavy atom. The Morgan fingerprint density at radius 2 is 1.65 bits per heavy atom. The molecule has 3 aromatic carbocycles. The van der Waals surface area contributed by atoms with Crippen LogP contribution in [0.15, 0.2) is 66.7 Å². The van der Waals surface area contributed by atoms with E-state index in [1.165, 1.54) is 59.3 Å². The van der Waals surface area contributed by atoms with Crippen molar-refractivity contribution in [3.63, 3.8) is 0 Å². The van der Waals surface area contributed by atoms with Gasteiger partial charge in [-0.3, -0.25) is 4.79 Å². The van der Waals surface area contributed by atoms with Gasteiger partial charge in [0.25, 0.3) is 5.91 Å². The number of nitrogens with zero attached hydrogens (tertiary/aromatic N) is 4. The van der Waals surface area contributed by atoms with Crippen LogP contribution in [0, 0.1) is 11.3 Å². The molecule has 2 N–H and O–H groups in total. The minimum atomic E-state index is -1.47. The molecule has 2 aliphatic rings. The van der Waals surface area contributed by atoms with E-state index in [1.54, 1.807) is 24.3 Å². The molecule has 0 aromatic heterocycles. The van der Waals surface area contributed by atoms with Crippen molar-refractivity contribution in [2.24, 2.45) is 0 Å². The van der Waals surface area contributed by atoms with Crippen molar-refractivity contribution in [1.82, 2.24) is 9.80 Å². The highest BCUT2D eigenvalue weighted by Gasteiger charge is 2.65.